The first-order valence-electron chi connectivity index (χ1n) is 4.08. The van der Waals surface area contributed by atoms with Crippen LogP contribution in [0.15, 0.2) is 34.9 Å². The third-order valence-corrected chi connectivity index (χ3v) is 1.61. The first kappa shape index (κ1) is 8.55. The van der Waals surface area contributed by atoms with Gasteiger partial charge in [-0.25, -0.2) is 0 Å². The number of nitrogens with zero attached hydrogens (tertiary/aromatic N) is 2. The van der Waals surface area contributed by atoms with Crippen LogP contribution >= 0.6 is 0 Å². The van der Waals surface area contributed by atoms with Gasteiger partial charge in [-0.2, -0.15) is 0 Å². The summed E-state index contributed by atoms with van der Waals surface area (Å²) in [6.07, 6.45) is 0.142. The zero-order valence-corrected chi connectivity index (χ0v) is 7.60. The van der Waals surface area contributed by atoms with E-state index in [0.717, 1.165) is 5.69 Å². The molecule has 0 radical (unpaired) electrons. The van der Waals surface area contributed by atoms with Crippen molar-refractivity contribution in [3.05, 3.63) is 30.3 Å². The lowest BCUT2D eigenvalue weighted by atomic mass is 10.3. The zero-order chi connectivity index (χ0) is 9.80. The number of hydrogen-bond donors (Lipinski definition) is 1. The number of anilines is 2. The van der Waals surface area contributed by atoms with E-state index in [4.69, 9.17) is 9.26 Å². The summed E-state index contributed by atoms with van der Waals surface area (Å²) in [4.78, 5) is 3.91. The van der Waals surface area contributed by atoms with Gasteiger partial charge in [-0.1, -0.05) is 18.2 Å². The first-order chi connectivity index (χ1) is 6.88. The van der Waals surface area contributed by atoms with Crippen molar-refractivity contribution in [1.82, 2.24) is 10.1 Å². The number of rotatable bonds is 3. The van der Waals surface area contributed by atoms with E-state index in [-0.39, 0.29) is 6.08 Å². The van der Waals surface area contributed by atoms with Gasteiger partial charge in [0, 0.05) is 5.69 Å². The van der Waals surface area contributed by atoms with Crippen LogP contribution in [-0.2, 0) is 0 Å². The molecule has 2 aromatic rings. The minimum atomic E-state index is 0.142. The van der Waals surface area contributed by atoms with Crippen molar-refractivity contribution in [2.75, 3.05) is 12.4 Å². The SMILES string of the molecule is COc1nc(Nc2ccccc2)no1. The molecule has 72 valence electrons. The van der Waals surface area contributed by atoms with Crippen LogP contribution in [0.3, 0.4) is 0 Å². The Morgan fingerprint density at radius 2 is 2.07 bits per heavy atom. The molecule has 5 heteroatoms. The van der Waals surface area contributed by atoms with E-state index in [0.29, 0.717) is 5.95 Å². The van der Waals surface area contributed by atoms with Gasteiger partial charge in [0.1, 0.15) is 0 Å². The highest BCUT2D eigenvalue weighted by Gasteiger charge is 2.04. The Morgan fingerprint density at radius 3 is 2.71 bits per heavy atom. The van der Waals surface area contributed by atoms with Gasteiger partial charge in [-0.05, 0) is 17.3 Å². The van der Waals surface area contributed by atoms with Gasteiger partial charge >= 0.3 is 6.08 Å². The zero-order valence-electron chi connectivity index (χ0n) is 7.60. The fraction of sp³-hybridized carbons (Fsp3) is 0.111. The molecule has 0 aliphatic rings. The highest BCUT2D eigenvalue weighted by atomic mass is 16.6. The standard InChI is InChI=1S/C9H9N3O2/c1-13-9-11-8(12-14-9)10-7-5-3-2-4-6-7/h2-6H,1H3,(H,10,12). The molecule has 0 amide bonds. The molecule has 1 N–H and O–H groups in total. The minimum Gasteiger partial charge on any atom is -0.452 e. The smallest absolute Gasteiger partial charge is 0.418 e. The van der Waals surface area contributed by atoms with Crippen molar-refractivity contribution in [3.8, 4) is 6.08 Å². The third-order valence-electron chi connectivity index (χ3n) is 1.61. The molecule has 0 aliphatic carbocycles. The van der Waals surface area contributed by atoms with Crippen molar-refractivity contribution < 1.29 is 9.26 Å². The van der Waals surface area contributed by atoms with Gasteiger partial charge in [0.05, 0.1) is 7.11 Å². The summed E-state index contributed by atoms with van der Waals surface area (Å²) in [6.45, 7) is 0. The Kier molecular flexibility index (Phi) is 2.31. The Morgan fingerprint density at radius 1 is 1.29 bits per heavy atom. The summed E-state index contributed by atoms with van der Waals surface area (Å²) in [5.41, 5.74) is 0.899. The molecule has 0 fully saturated rings. The largest absolute Gasteiger partial charge is 0.452 e. The maximum absolute atomic E-state index is 4.75. The summed E-state index contributed by atoms with van der Waals surface area (Å²) >= 11 is 0. The maximum atomic E-state index is 4.75. The van der Waals surface area contributed by atoms with E-state index >= 15 is 0 Å². The lowest BCUT2D eigenvalue weighted by Crippen LogP contribution is -1.91. The number of para-hydroxylation sites is 1. The van der Waals surface area contributed by atoms with Crippen molar-refractivity contribution in [3.63, 3.8) is 0 Å². The Bertz CT molecular complexity index is 399. The summed E-state index contributed by atoms with van der Waals surface area (Å²) < 4.78 is 9.49. The second-order valence-electron chi connectivity index (χ2n) is 2.58. The predicted molar refractivity (Wildman–Crippen MR) is 50.6 cm³/mol. The molecule has 0 atom stereocenters. The average Bonchev–Trinajstić information content (AvgIpc) is 2.67. The lowest BCUT2D eigenvalue weighted by Gasteiger charge is -1.97. The Labute approximate surface area is 80.7 Å². The molecule has 0 spiro atoms. The van der Waals surface area contributed by atoms with E-state index in [1.165, 1.54) is 7.11 Å². The maximum Gasteiger partial charge on any atom is 0.418 e. The van der Waals surface area contributed by atoms with Crippen LogP contribution in [0, 0.1) is 0 Å². The van der Waals surface area contributed by atoms with Crippen molar-refractivity contribution in [1.29, 1.82) is 0 Å². The molecule has 0 aliphatic heterocycles. The highest BCUT2D eigenvalue weighted by Crippen LogP contribution is 2.14. The molecule has 14 heavy (non-hydrogen) atoms. The number of hydrogen-bond acceptors (Lipinski definition) is 5. The van der Waals surface area contributed by atoms with E-state index in [1.54, 1.807) is 0 Å². The normalized spacial score (nSPS) is 9.79. The molecule has 1 heterocycles. The topological polar surface area (TPSA) is 60.2 Å². The molecule has 0 saturated carbocycles. The number of nitrogens with one attached hydrogen (secondary N) is 1. The molecule has 1 aromatic carbocycles. The lowest BCUT2D eigenvalue weighted by molar-refractivity contribution is 0.251. The van der Waals surface area contributed by atoms with Crippen molar-refractivity contribution in [2.24, 2.45) is 0 Å². The number of benzene rings is 1. The van der Waals surface area contributed by atoms with Gasteiger partial charge in [0.15, 0.2) is 0 Å². The van der Waals surface area contributed by atoms with E-state index in [1.807, 2.05) is 30.3 Å². The van der Waals surface area contributed by atoms with Crippen LogP contribution in [0.25, 0.3) is 0 Å². The fourth-order valence-electron chi connectivity index (χ4n) is 0.994. The molecular weight excluding hydrogens is 182 g/mol. The van der Waals surface area contributed by atoms with Crippen LogP contribution in [0.1, 0.15) is 0 Å². The molecule has 5 nitrogen and oxygen atoms in total. The Balaban J connectivity index is 2.11. The van der Waals surface area contributed by atoms with Crippen LogP contribution in [0.2, 0.25) is 0 Å². The molecule has 2 rings (SSSR count). The summed E-state index contributed by atoms with van der Waals surface area (Å²) in [7, 11) is 1.47. The second-order valence-corrected chi connectivity index (χ2v) is 2.58. The summed E-state index contributed by atoms with van der Waals surface area (Å²) in [5, 5.41) is 6.62. The molecule has 1 aromatic heterocycles. The monoisotopic (exact) mass is 191 g/mol. The van der Waals surface area contributed by atoms with E-state index in [9.17, 15) is 0 Å². The molecule has 0 bridgehead atoms. The van der Waals surface area contributed by atoms with Crippen molar-refractivity contribution in [2.45, 2.75) is 0 Å². The molecule has 0 unspecified atom stereocenters. The van der Waals surface area contributed by atoms with Crippen LogP contribution in [-0.4, -0.2) is 17.3 Å². The Hall–Kier alpha value is -2.04. The molecular formula is C9H9N3O2. The summed E-state index contributed by atoms with van der Waals surface area (Å²) in [6, 6.07) is 9.58. The number of methoxy groups -OCH3 is 1. The van der Waals surface area contributed by atoms with Gasteiger partial charge in [0.2, 0.25) is 0 Å². The molecule has 0 saturated heterocycles. The number of aromatic nitrogens is 2. The van der Waals surface area contributed by atoms with Gasteiger partial charge < -0.3 is 10.1 Å². The van der Waals surface area contributed by atoms with Crippen LogP contribution in [0.4, 0.5) is 11.6 Å². The van der Waals surface area contributed by atoms with E-state index in [2.05, 4.69) is 15.5 Å². The van der Waals surface area contributed by atoms with Gasteiger partial charge in [0.25, 0.3) is 5.95 Å². The fourth-order valence-corrected chi connectivity index (χ4v) is 0.994. The first-order valence-corrected chi connectivity index (χ1v) is 4.08. The predicted octanol–water partition coefficient (Wildman–Crippen LogP) is 1.82. The van der Waals surface area contributed by atoms with Gasteiger partial charge in [-0.15, -0.1) is 4.98 Å². The van der Waals surface area contributed by atoms with E-state index < -0.39 is 0 Å². The highest BCUT2D eigenvalue weighted by molar-refractivity contribution is 5.52. The van der Waals surface area contributed by atoms with Crippen molar-refractivity contribution >= 4 is 11.6 Å². The quantitative estimate of drug-likeness (QED) is 0.801. The van der Waals surface area contributed by atoms with Crippen LogP contribution in [0.5, 0.6) is 6.08 Å². The summed E-state index contributed by atoms with van der Waals surface area (Å²) in [5.74, 6) is 0.382. The third kappa shape index (κ3) is 1.82. The average molecular weight is 191 g/mol. The van der Waals surface area contributed by atoms with Crippen LogP contribution < -0.4 is 10.1 Å². The minimum absolute atomic E-state index is 0.142. The number of ether oxygens (including phenoxy) is 1. The second kappa shape index (κ2) is 3.78. The van der Waals surface area contributed by atoms with Gasteiger partial charge in [-0.3, -0.25) is 4.52 Å².